The molecule has 1 N–H and O–H groups in total. The van der Waals surface area contributed by atoms with Crippen molar-refractivity contribution < 1.29 is 9.90 Å². The Balaban J connectivity index is 3.46. The van der Waals surface area contributed by atoms with E-state index in [0.29, 0.717) is 0 Å². The van der Waals surface area contributed by atoms with Crippen LogP contribution in [0.4, 0.5) is 0 Å². The minimum Gasteiger partial charge on any atom is -0.481 e. The van der Waals surface area contributed by atoms with Gasteiger partial charge in [0.25, 0.3) is 0 Å². The Kier molecular flexibility index (Phi) is 10.2. The first-order valence-electron chi connectivity index (χ1n) is 6.34. The van der Waals surface area contributed by atoms with Crippen LogP contribution in [-0.4, -0.2) is 11.1 Å². The Bertz CT molecular complexity index is 322. The van der Waals surface area contributed by atoms with Crippen molar-refractivity contribution in [2.45, 2.75) is 58.8 Å². The van der Waals surface area contributed by atoms with Crippen molar-refractivity contribution in [2.75, 3.05) is 0 Å². The molecule has 1 atom stereocenters. The molecule has 0 saturated heterocycles. The van der Waals surface area contributed by atoms with Gasteiger partial charge in [-0.15, -0.1) is 0 Å². The fraction of sp³-hybridized carbons (Fsp3) is 0.667. The second-order valence-corrected chi connectivity index (χ2v) is 4.30. The zero-order valence-electron chi connectivity index (χ0n) is 10.9. The third kappa shape index (κ3) is 12.5. The standard InChI is InChI=1S/C15H22O2/c1-3-4-5-6-7-8-9-10-11-12-14(2)13-15(16)17/h14H,3-4,9-13H2,1-2H3,(H,16,17). The maximum Gasteiger partial charge on any atom is 0.303 e. The molecule has 0 spiro atoms. The third-order valence-corrected chi connectivity index (χ3v) is 2.39. The summed E-state index contributed by atoms with van der Waals surface area (Å²) < 4.78 is 0. The first-order chi connectivity index (χ1) is 8.16. The van der Waals surface area contributed by atoms with Gasteiger partial charge in [-0.2, -0.15) is 0 Å². The van der Waals surface area contributed by atoms with Crippen molar-refractivity contribution >= 4 is 5.97 Å². The molecule has 2 heteroatoms. The number of aliphatic carboxylic acids is 1. The molecule has 0 fully saturated rings. The largest absolute Gasteiger partial charge is 0.481 e. The van der Waals surface area contributed by atoms with Gasteiger partial charge in [0.1, 0.15) is 0 Å². The van der Waals surface area contributed by atoms with Crippen molar-refractivity contribution in [3.05, 3.63) is 0 Å². The average molecular weight is 234 g/mol. The number of unbranched alkanes of at least 4 members (excludes halogenated alkanes) is 3. The number of hydrogen-bond donors (Lipinski definition) is 1. The van der Waals surface area contributed by atoms with E-state index in [1.165, 1.54) is 0 Å². The SMILES string of the molecule is CCCC#CC#CCCCCC(C)CC(=O)O. The molecule has 0 saturated carbocycles. The summed E-state index contributed by atoms with van der Waals surface area (Å²) in [5.41, 5.74) is 0. The van der Waals surface area contributed by atoms with E-state index in [2.05, 4.69) is 30.6 Å². The third-order valence-electron chi connectivity index (χ3n) is 2.39. The van der Waals surface area contributed by atoms with E-state index in [1.807, 2.05) is 6.92 Å². The summed E-state index contributed by atoms with van der Waals surface area (Å²) in [6.07, 6.45) is 6.18. The van der Waals surface area contributed by atoms with Gasteiger partial charge in [0.15, 0.2) is 0 Å². The van der Waals surface area contributed by atoms with Gasteiger partial charge >= 0.3 is 5.97 Å². The number of rotatable bonds is 7. The van der Waals surface area contributed by atoms with E-state index < -0.39 is 5.97 Å². The zero-order chi connectivity index (χ0) is 12.9. The minimum atomic E-state index is -0.705. The highest BCUT2D eigenvalue weighted by atomic mass is 16.4. The predicted molar refractivity (Wildman–Crippen MR) is 70.3 cm³/mol. The molecule has 0 rings (SSSR count). The lowest BCUT2D eigenvalue weighted by Gasteiger charge is -2.06. The second kappa shape index (κ2) is 11.1. The molecule has 94 valence electrons. The van der Waals surface area contributed by atoms with Crippen LogP contribution in [-0.2, 0) is 4.79 Å². The Hall–Kier alpha value is -1.41. The van der Waals surface area contributed by atoms with E-state index >= 15 is 0 Å². The molecular weight excluding hydrogens is 212 g/mol. The van der Waals surface area contributed by atoms with Crippen LogP contribution < -0.4 is 0 Å². The molecule has 0 bridgehead atoms. The summed E-state index contributed by atoms with van der Waals surface area (Å²) in [6.45, 7) is 4.08. The van der Waals surface area contributed by atoms with Crippen molar-refractivity contribution in [1.29, 1.82) is 0 Å². The number of carboxylic acids is 1. The molecule has 0 heterocycles. The van der Waals surface area contributed by atoms with E-state index in [9.17, 15) is 4.79 Å². The molecule has 0 radical (unpaired) electrons. The highest BCUT2D eigenvalue weighted by molar-refractivity contribution is 5.66. The van der Waals surface area contributed by atoms with Crippen molar-refractivity contribution in [1.82, 2.24) is 0 Å². The monoisotopic (exact) mass is 234 g/mol. The topological polar surface area (TPSA) is 37.3 Å². The highest BCUT2D eigenvalue weighted by Gasteiger charge is 2.06. The molecule has 0 aromatic carbocycles. The summed E-state index contributed by atoms with van der Waals surface area (Å²) in [4.78, 5) is 10.4. The lowest BCUT2D eigenvalue weighted by atomic mass is 10.0. The highest BCUT2D eigenvalue weighted by Crippen LogP contribution is 2.12. The fourth-order valence-corrected chi connectivity index (χ4v) is 1.44. The number of hydrogen-bond acceptors (Lipinski definition) is 1. The Morgan fingerprint density at radius 2 is 1.82 bits per heavy atom. The maximum absolute atomic E-state index is 10.4. The molecule has 0 aliphatic carbocycles. The molecule has 0 aromatic heterocycles. The van der Waals surface area contributed by atoms with Crippen molar-refractivity contribution in [2.24, 2.45) is 5.92 Å². The molecule has 0 aromatic rings. The van der Waals surface area contributed by atoms with Gasteiger partial charge in [0.05, 0.1) is 0 Å². The molecule has 0 aliphatic rings. The lowest BCUT2D eigenvalue weighted by molar-refractivity contribution is -0.138. The van der Waals surface area contributed by atoms with Gasteiger partial charge in [-0.3, -0.25) is 4.79 Å². The molecule has 0 amide bonds. The Morgan fingerprint density at radius 3 is 2.41 bits per heavy atom. The molecule has 17 heavy (non-hydrogen) atoms. The van der Waals surface area contributed by atoms with Crippen molar-refractivity contribution in [3.8, 4) is 23.7 Å². The summed E-state index contributed by atoms with van der Waals surface area (Å²) in [6, 6.07) is 0. The quantitative estimate of drug-likeness (QED) is 0.541. The summed E-state index contributed by atoms with van der Waals surface area (Å²) in [5.74, 6) is 11.2. The Labute approximate surface area is 105 Å². The van der Waals surface area contributed by atoms with Crippen LogP contribution >= 0.6 is 0 Å². The van der Waals surface area contributed by atoms with E-state index in [4.69, 9.17) is 5.11 Å². The summed E-state index contributed by atoms with van der Waals surface area (Å²) >= 11 is 0. The zero-order valence-corrected chi connectivity index (χ0v) is 10.9. The van der Waals surface area contributed by atoms with Crippen LogP contribution in [0.1, 0.15) is 58.8 Å². The molecule has 1 unspecified atom stereocenters. The smallest absolute Gasteiger partial charge is 0.303 e. The van der Waals surface area contributed by atoms with Gasteiger partial charge in [-0.1, -0.05) is 38.5 Å². The number of carbonyl (C=O) groups is 1. The second-order valence-electron chi connectivity index (χ2n) is 4.30. The van der Waals surface area contributed by atoms with E-state index in [1.54, 1.807) is 0 Å². The summed E-state index contributed by atoms with van der Waals surface area (Å²) in [5, 5.41) is 8.59. The lowest BCUT2D eigenvalue weighted by Crippen LogP contribution is -2.03. The van der Waals surface area contributed by atoms with Gasteiger partial charge in [0.2, 0.25) is 0 Å². The average Bonchev–Trinajstić information content (AvgIpc) is 2.26. The predicted octanol–water partition coefficient (Wildman–Crippen LogP) is 3.46. The van der Waals surface area contributed by atoms with Crippen molar-refractivity contribution in [3.63, 3.8) is 0 Å². The Morgan fingerprint density at radius 1 is 1.18 bits per heavy atom. The van der Waals surface area contributed by atoms with Gasteiger partial charge in [0, 0.05) is 19.3 Å². The van der Waals surface area contributed by atoms with Gasteiger partial charge in [-0.05, 0) is 30.6 Å². The minimum absolute atomic E-state index is 0.268. The molecule has 0 aliphatic heterocycles. The van der Waals surface area contributed by atoms with E-state index in [0.717, 1.165) is 38.5 Å². The van der Waals surface area contributed by atoms with E-state index in [-0.39, 0.29) is 12.3 Å². The fourth-order valence-electron chi connectivity index (χ4n) is 1.44. The van der Waals surface area contributed by atoms with Crippen LogP contribution in [0.5, 0.6) is 0 Å². The summed E-state index contributed by atoms with van der Waals surface area (Å²) in [7, 11) is 0. The first kappa shape index (κ1) is 15.6. The van der Waals surface area contributed by atoms with Crippen LogP contribution in [0.15, 0.2) is 0 Å². The molecule has 2 nitrogen and oxygen atoms in total. The normalized spacial score (nSPS) is 10.7. The van der Waals surface area contributed by atoms with Crippen LogP contribution in [0, 0.1) is 29.6 Å². The van der Waals surface area contributed by atoms with Gasteiger partial charge in [-0.25, -0.2) is 0 Å². The van der Waals surface area contributed by atoms with Crippen LogP contribution in [0.25, 0.3) is 0 Å². The van der Waals surface area contributed by atoms with Crippen LogP contribution in [0.2, 0.25) is 0 Å². The molecular formula is C15H22O2. The van der Waals surface area contributed by atoms with Crippen LogP contribution in [0.3, 0.4) is 0 Å². The first-order valence-corrected chi connectivity index (χ1v) is 6.34. The maximum atomic E-state index is 10.4. The van der Waals surface area contributed by atoms with Gasteiger partial charge < -0.3 is 5.11 Å². The number of carboxylic acid groups (broad SMARTS) is 1.